The van der Waals surface area contributed by atoms with Gasteiger partial charge in [0.2, 0.25) is 0 Å². The molecule has 33 heavy (non-hydrogen) atoms. The molecule has 4 rings (SSSR count). The van der Waals surface area contributed by atoms with Gasteiger partial charge in [-0.05, 0) is 74.6 Å². The van der Waals surface area contributed by atoms with E-state index in [9.17, 15) is 13.2 Å². The standard InChI is InChI=1S/C25H30N4O3S/c1-4-28(13-9-20-7-11-26-12-8-20)25(30)23-16-24(21-6-5-18(2)19(3)15-21)29(27-23)22-10-14-33(31,32)17-22/h5-8,11-12,15-16,22H,4,9-10,13-14,17H2,1-3H3/t22-/m1/s1. The minimum atomic E-state index is -3.09. The number of amides is 1. The maximum absolute atomic E-state index is 13.4. The van der Waals surface area contributed by atoms with Crippen LogP contribution in [0.2, 0.25) is 0 Å². The van der Waals surface area contributed by atoms with Gasteiger partial charge in [-0.2, -0.15) is 5.10 Å². The zero-order valence-electron chi connectivity index (χ0n) is 19.4. The Balaban J connectivity index is 1.66. The van der Waals surface area contributed by atoms with Crippen LogP contribution in [0.3, 0.4) is 0 Å². The van der Waals surface area contributed by atoms with Crippen LogP contribution in [0, 0.1) is 13.8 Å². The van der Waals surface area contributed by atoms with Crippen molar-refractivity contribution in [1.29, 1.82) is 0 Å². The van der Waals surface area contributed by atoms with Crippen molar-refractivity contribution >= 4 is 15.7 Å². The summed E-state index contributed by atoms with van der Waals surface area (Å²) in [4.78, 5) is 19.2. The average molecular weight is 467 g/mol. The predicted octanol–water partition coefficient (Wildman–Crippen LogP) is 3.63. The van der Waals surface area contributed by atoms with Crippen molar-refractivity contribution in [3.63, 3.8) is 0 Å². The molecule has 1 fully saturated rings. The zero-order valence-corrected chi connectivity index (χ0v) is 20.2. The lowest BCUT2D eigenvalue weighted by molar-refractivity contribution is 0.0759. The first kappa shape index (κ1) is 23.2. The molecule has 0 aliphatic carbocycles. The smallest absolute Gasteiger partial charge is 0.274 e. The van der Waals surface area contributed by atoms with Gasteiger partial charge in [0.15, 0.2) is 15.5 Å². The second kappa shape index (κ2) is 9.47. The molecule has 8 heteroatoms. The summed E-state index contributed by atoms with van der Waals surface area (Å²) in [6.07, 6.45) is 4.74. The summed E-state index contributed by atoms with van der Waals surface area (Å²) in [5.41, 5.74) is 5.51. The van der Waals surface area contributed by atoms with E-state index >= 15 is 0 Å². The second-order valence-corrected chi connectivity index (χ2v) is 10.9. The number of nitrogens with zero attached hydrogens (tertiary/aromatic N) is 4. The van der Waals surface area contributed by atoms with Gasteiger partial charge in [-0.1, -0.05) is 12.1 Å². The first-order valence-electron chi connectivity index (χ1n) is 11.3. The lowest BCUT2D eigenvalue weighted by Crippen LogP contribution is -2.33. The summed E-state index contributed by atoms with van der Waals surface area (Å²) in [6, 6.07) is 11.6. The molecule has 0 bridgehead atoms. The molecule has 1 aromatic carbocycles. The predicted molar refractivity (Wildman–Crippen MR) is 129 cm³/mol. The normalized spacial score (nSPS) is 17.2. The molecule has 3 heterocycles. The number of rotatable bonds is 7. The van der Waals surface area contributed by atoms with Crippen molar-refractivity contribution in [1.82, 2.24) is 19.7 Å². The van der Waals surface area contributed by atoms with Crippen LogP contribution in [0.4, 0.5) is 0 Å². The van der Waals surface area contributed by atoms with Crippen LogP contribution in [-0.4, -0.2) is 58.6 Å². The summed E-state index contributed by atoms with van der Waals surface area (Å²) in [6.45, 7) is 7.19. The summed E-state index contributed by atoms with van der Waals surface area (Å²) >= 11 is 0. The quantitative estimate of drug-likeness (QED) is 0.531. The highest BCUT2D eigenvalue weighted by atomic mass is 32.2. The average Bonchev–Trinajstić information content (AvgIpc) is 3.40. The number of carbonyl (C=O) groups is 1. The van der Waals surface area contributed by atoms with Crippen LogP contribution < -0.4 is 0 Å². The number of pyridine rings is 1. The van der Waals surface area contributed by atoms with Crippen LogP contribution in [0.1, 0.15) is 46.6 Å². The molecule has 1 atom stereocenters. The Labute approximate surface area is 195 Å². The number of carbonyl (C=O) groups excluding carboxylic acids is 1. The maximum Gasteiger partial charge on any atom is 0.274 e. The molecule has 0 saturated carbocycles. The minimum Gasteiger partial charge on any atom is -0.337 e. The fourth-order valence-corrected chi connectivity index (χ4v) is 5.93. The zero-order chi connectivity index (χ0) is 23.6. The van der Waals surface area contributed by atoms with E-state index in [1.54, 1.807) is 22.0 Å². The molecule has 0 spiro atoms. The molecule has 1 aliphatic heterocycles. The Morgan fingerprint density at radius 2 is 1.88 bits per heavy atom. The number of hydrogen-bond acceptors (Lipinski definition) is 5. The van der Waals surface area contributed by atoms with E-state index in [4.69, 9.17) is 0 Å². The summed E-state index contributed by atoms with van der Waals surface area (Å²) in [5.74, 6) is 0.0658. The molecule has 3 aromatic rings. The third kappa shape index (κ3) is 5.16. The fraction of sp³-hybridized carbons (Fsp3) is 0.400. The Hall–Kier alpha value is -3.00. The third-order valence-corrected chi connectivity index (χ3v) is 8.15. The van der Waals surface area contributed by atoms with Crippen LogP contribution in [-0.2, 0) is 16.3 Å². The number of likely N-dealkylation sites (N-methyl/N-ethyl adjacent to an activating group) is 1. The summed E-state index contributed by atoms with van der Waals surface area (Å²) in [5, 5.41) is 4.66. The number of aromatic nitrogens is 3. The number of hydrogen-bond donors (Lipinski definition) is 0. The van der Waals surface area contributed by atoms with Gasteiger partial charge < -0.3 is 4.90 Å². The van der Waals surface area contributed by atoms with Crippen LogP contribution in [0.15, 0.2) is 48.8 Å². The van der Waals surface area contributed by atoms with Crippen molar-refractivity contribution in [3.8, 4) is 11.3 Å². The molecule has 0 unspecified atom stereocenters. The molecule has 7 nitrogen and oxygen atoms in total. The van der Waals surface area contributed by atoms with Crippen LogP contribution in [0.5, 0.6) is 0 Å². The van der Waals surface area contributed by atoms with Gasteiger partial charge >= 0.3 is 0 Å². The van der Waals surface area contributed by atoms with Crippen molar-refractivity contribution in [2.24, 2.45) is 0 Å². The first-order valence-corrected chi connectivity index (χ1v) is 13.2. The highest BCUT2D eigenvalue weighted by molar-refractivity contribution is 7.91. The Morgan fingerprint density at radius 3 is 2.52 bits per heavy atom. The highest BCUT2D eigenvalue weighted by Gasteiger charge is 2.32. The molecule has 2 aromatic heterocycles. The van der Waals surface area contributed by atoms with Crippen LogP contribution >= 0.6 is 0 Å². The lowest BCUT2D eigenvalue weighted by Gasteiger charge is -2.19. The summed E-state index contributed by atoms with van der Waals surface area (Å²) < 4.78 is 26.1. The van der Waals surface area contributed by atoms with Gasteiger partial charge in [0.1, 0.15) is 0 Å². The van der Waals surface area contributed by atoms with Crippen molar-refractivity contribution in [2.75, 3.05) is 24.6 Å². The molecular formula is C25H30N4O3S. The molecular weight excluding hydrogens is 436 g/mol. The number of aryl methyl sites for hydroxylation is 2. The topological polar surface area (TPSA) is 85.2 Å². The van der Waals surface area contributed by atoms with Crippen molar-refractivity contribution in [3.05, 3.63) is 71.2 Å². The molecule has 1 aliphatic rings. The van der Waals surface area contributed by atoms with Crippen LogP contribution in [0.25, 0.3) is 11.3 Å². The van der Waals surface area contributed by atoms with E-state index in [0.29, 0.717) is 25.2 Å². The van der Waals surface area contributed by atoms with E-state index in [-0.39, 0.29) is 23.5 Å². The van der Waals surface area contributed by atoms with Gasteiger partial charge in [0.05, 0.1) is 23.2 Å². The van der Waals surface area contributed by atoms with Gasteiger partial charge in [-0.3, -0.25) is 14.5 Å². The lowest BCUT2D eigenvalue weighted by atomic mass is 10.0. The van der Waals surface area contributed by atoms with E-state index in [1.807, 2.05) is 44.2 Å². The highest BCUT2D eigenvalue weighted by Crippen LogP contribution is 2.31. The molecule has 1 amide bonds. The van der Waals surface area contributed by atoms with Crippen molar-refractivity contribution in [2.45, 2.75) is 39.7 Å². The van der Waals surface area contributed by atoms with Gasteiger partial charge in [0, 0.05) is 31.0 Å². The van der Waals surface area contributed by atoms with E-state index in [2.05, 4.69) is 23.1 Å². The van der Waals surface area contributed by atoms with E-state index < -0.39 is 9.84 Å². The molecule has 0 radical (unpaired) electrons. The Morgan fingerprint density at radius 1 is 1.12 bits per heavy atom. The number of benzene rings is 1. The molecule has 0 N–H and O–H groups in total. The minimum absolute atomic E-state index is 0.0552. The monoisotopic (exact) mass is 466 g/mol. The molecule has 1 saturated heterocycles. The first-order chi connectivity index (χ1) is 15.8. The van der Waals surface area contributed by atoms with Gasteiger partial charge in [-0.25, -0.2) is 8.42 Å². The Bertz CT molecular complexity index is 1250. The largest absolute Gasteiger partial charge is 0.337 e. The number of sulfone groups is 1. The molecule has 174 valence electrons. The third-order valence-electron chi connectivity index (χ3n) is 6.40. The Kier molecular flexibility index (Phi) is 6.65. The fourth-order valence-electron chi connectivity index (χ4n) is 4.24. The van der Waals surface area contributed by atoms with Crippen molar-refractivity contribution < 1.29 is 13.2 Å². The second-order valence-electron chi connectivity index (χ2n) is 8.71. The SMILES string of the molecule is CCN(CCc1ccncc1)C(=O)c1cc(-c2ccc(C)c(C)c2)n([C@@H]2CCS(=O)(=O)C2)n1. The summed E-state index contributed by atoms with van der Waals surface area (Å²) in [7, 11) is -3.09. The van der Waals surface area contributed by atoms with Gasteiger partial charge in [0.25, 0.3) is 5.91 Å². The maximum atomic E-state index is 13.4. The van der Waals surface area contributed by atoms with E-state index in [0.717, 1.165) is 28.8 Å². The van der Waals surface area contributed by atoms with E-state index in [1.165, 1.54) is 5.56 Å². The van der Waals surface area contributed by atoms with Gasteiger partial charge in [-0.15, -0.1) is 0 Å².